The Labute approximate surface area is 207 Å². The van der Waals surface area contributed by atoms with Crippen molar-refractivity contribution in [3.05, 3.63) is 88.4 Å². The molecule has 8 heteroatoms. The van der Waals surface area contributed by atoms with Gasteiger partial charge < -0.3 is 15.2 Å². The minimum atomic E-state index is -0.837. The summed E-state index contributed by atoms with van der Waals surface area (Å²) in [7, 11) is 0. The standard InChI is InChI=1S/C27H23ClN2O5/c28-23-12-15(25(31)29-13-16-11-21(16)26(32)33)9-10-24(23)30-27(34)35-14-22-19-7-3-1-5-17(19)18-6-2-4-8-20(18)22/h1-10,12,16,21-22H,11,13-14H2,(H,29,31)(H,30,34)(H,32,33)/t16-,21-/m1/s1. The molecule has 35 heavy (non-hydrogen) atoms. The molecule has 1 fully saturated rings. The number of anilines is 1. The molecule has 5 rings (SSSR count). The zero-order chi connectivity index (χ0) is 24.5. The molecule has 2 aliphatic rings. The molecule has 0 saturated heterocycles. The van der Waals surface area contributed by atoms with Gasteiger partial charge in [-0.2, -0.15) is 0 Å². The Balaban J connectivity index is 1.18. The molecule has 178 valence electrons. The molecule has 0 aromatic heterocycles. The van der Waals surface area contributed by atoms with Crippen molar-refractivity contribution in [2.75, 3.05) is 18.5 Å². The minimum absolute atomic E-state index is 0.0403. The number of rotatable bonds is 7. The van der Waals surface area contributed by atoms with E-state index in [0.29, 0.717) is 24.2 Å². The van der Waals surface area contributed by atoms with E-state index in [1.54, 1.807) is 6.07 Å². The smallest absolute Gasteiger partial charge is 0.411 e. The summed E-state index contributed by atoms with van der Waals surface area (Å²) in [6.07, 6.45) is -0.0706. The number of halogens is 1. The van der Waals surface area contributed by atoms with Gasteiger partial charge in [0.05, 0.1) is 16.6 Å². The number of carboxylic acids is 1. The highest BCUT2D eigenvalue weighted by Gasteiger charge is 2.43. The molecule has 3 aromatic rings. The summed E-state index contributed by atoms with van der Waals surface area (Å²) < 4.78 is 5.54. The lowest BCUT2D eigenvalue weighted by Gasteiger charge is -2.15. The van der Waals surface area contributed by atoms with E-state index in [4.69, 9.17) is 21.4 Å². The van der Waals surface area contributed by atoms with Crippen LogP contribution in [0.4, 0.5) is 10.5 Å². The fourth-order valence-electron chi connectivity index (χ4n) is 4.60. The van der Waals surface area contributed by atoms with Crippen molar-refractivity contribution in [2.24, 2.45) is 11.8 Å². The van der Waals surface area contributed by atoms with E-state index < -0.39 is 12.1 Å². The highest BCUT2D eigenvalue weighted by atomic mass is 35.5. The number of ether oxygens (including phenoxy) is 1. The number of amides is 2. The second-order valence-electron chi connectivity index (χ2n) is 8.80. The van der Waals surface area contributed by atoms with Crippen LogP contribution in [0.25, 0.3) is 11.1 Å². The number of fused-ring (bicyclic) bond motifs is 3. The van der Waals surface area contributed by atoms with Crippen LogP contribution < -0.4 is 10.6 Å². The summed E-state index contributed by atoms with van der Waals surface area (Å²) in [4.78, 5) is 35.8. The Morgan fingerprint density at radius 1 is 0.971 bits per heavy atom. The molecule has 2 aliphatic carbocycles. The van der Waals surface area contributed by atoms with Crippen molar-refractivity contribution in [2.45, 2.75) is 12.3 Å². The lowest BCUT2D eigenvalue weighted by Crippen LogP contribution is -2.26. The highest BCUT2D eigenvalue weighted by Crippen LogP contribution is 2.44. The molecule has 3 aromatic carbocycles. The number of carbonyl (C=O) groups excluding carboxylic acids is 2. The summed E-state index contributed by atoms with van der Waals surface area (Å²) in [6, 6.07) is 20.7. The van der Waals surface area contributed by atoms with Gasteiger partial charge in [0.25, 0.3) is 5.91 Å². The van der Waals surface area contributed by atoms with Crippen LogP contribution >= 0.6 is 11.6 Å². The van der Waals surface area contributed by atoms with Crippen molar-refractivity contribution < 1.29 is 24.2 Å². The van der Waals surface area contributed by atoms with Gasteiger partial charge >= 0.3 is 12.1 Å². The number of hydrogen-bond donors (Lipinski definition) is 3. The predicted octanol–water partition coefficient (Wildman–Crippen LogP) is 5.15. The van der Waals surface area contributed by atoms with Gasteiger partial charge in [-0.3, -0.25) is 14.9 Å². The zero-order valence-corrected chi connectivity index (χ0v) is 19.4. The fraction of sp³-hybridized carbons (Fsp3) is 0.222. The van der Waals surface area contributed by atoms with Gasteiger partial charge in [-0.05, 0) is 52.8 Å². The normalized spacial score (nSPS) is 17.7. The number of carboxylic acid groups (broad SMARTS) is 1. The monoisotopic (exact) mass is 490 g/mol. The van der Waals surface area contributed by atoms with Crippen LogP contribution in [0.5, 0.6) is 0 Å². The van der Waals surface area contributed by atoms with Crippen molar-refractivity contribution >= 4 is 35.3 Å². The molecule has 0 spiro atoms. The predicted molar refractivity (Wildman–Crippen MR) is 132 cm³/mol. The second kappa shape index (κ2) is 9.43. The van der Waals surface area contributed by atoms with Crippen LogP contribution in [-0.4, -0.2) is 36.2 Å². The first-order chi connectivity index (χ1) is 16.9. The van der Waals surface area contributed by atoms with Gasteiger partial charge in [0, 0.05) is 18.0 Å². The average molecular weight is 491 g/mol. The van der Waals surface area contributed by atoms with Crippen LogP contribution in [0.1, 0.15) is 33.8 Å². The maximum Gasteiger partial charge on any atom is 0.411 e. The van der Waals surface area contributed by atoms with Crippen molar-refractivity contribution in [3.8, 4) is 11.1 Å². The van der Waals surface area contributed by atoms with Crippen LogP contribution in [-0.2, 0) is 9.53 Å². The third-order valence-electron chi connectivity index (χ3n) is 6.58. The van der Waals surface area contributed by atoms with Gasteiger partial charge in [0.2, 0.25) is 0 Å². The quantitative estimate of drug-likeness (QED) is 0.424. The van der Waals surface area contributed by atoms with Gasteiger partial charge in [-0.25, -0.2) is 4.79 Å². The Bertz CT molecular complexity index is 1280. The van der Waals surface area contributed by atoms with Gasteiger partial charge in [0.1, 0.15) is 6.61 Å². The van der Waals surface area contributed by atoms with E-state index in [-0.39, 0.29) is 35.3 Å². The van der Waals surface area contributed by atoms with Crippen LogP contribution in [0.2, 0.25) is 5.02 Å². The molecular weight excluding hydrogens is 468 g/mol. The SMILES string of the molecule is O=C(Nc1ccc(C(=O)NC[C@H]2C[C@H]2C(=O)O)cc1Cl)OCC1c2ccccc2-c2ccccc21. The van der Waals surface area contributed by atoms with Crippen molar-refractivity contribution in [1.82, 2.24) is 5.32 Å². The fourth-order valence-corrected chi connectivity index (χ4v) is 4.83. The average Bonchev–Trinajstić information content (AvgIpc) is 3.58. The summed E-state index contributed by atoms with van der Waals surface area (Å²) in [5, 5.41) is 14.5. The molecular formula is C27H23ClN2O5. The largest absolute Gasteiger partial charge is 0.481 e. The maximum absolute atomic E-state index is 12.5. The lowest BCUT2D eigenvalue weighted by molar-refractivity contribution is -0.138. The van der Waals surface area contributed by atoms with E-state index in [1.807, 2.05) is 36.4 Å². The van der Waals surface area contributed by atoms with E-state index >= 15 is 0 Å². The number of hydrogen-bond acceptors (Lipinski definition) is 4. The number of nitrogens with one attached hydrogen (secondary N) is 2. The Morgan fingerprint density at radius 2 is 1.63 bits per heavy atom. The maximum atomic E-state index is 12.5. The molecule has 0 radical (unpaired) electrons. The number of carbonyl (C=O) groups is 3. The third-order valence-corrected chi connectivity index (χ3v) is 6.89. The first kappa shape index (κ1) is 22.9. The van der Waals surface area contributed by atoms with E-state index in [2.05, 4.69) is 22.8 Å². The molecule has 2 atom stereocenters. The summed E-state index contributed by atoms with van der Waals surface area (Å²) in [5.74, 6) is -1.67. The summed E-state index contributed by atoms with van der Waals surface area (Å²) in [5.41, 5.74) is 5.18. The summed E-state index contributed by atoms with van der Waals surface area (Å²) in [6.45, 7) is 0.476. The highest BCUT2D eigenvalue weighted by molar-refractivity contribution is 6.34. The molecule has 0 heterocycles. The minimum Gasteiger partial charge on any atom is -0.481 e. The van der Waals surface area contributed by atoms with E-state index in [9.17, 15) is 14.4 Å². The van der Waals surface area contributed by atoms with E-state index in [0.717, 1.165) is 22.3 Å². The Hall–Kier alpha value is -3.84. The van der Waals surface area contributed by atoms with Crippen LogP contribution in [0.15, 0.2) is 66.7 Å². The number of aliphatic carboxylic acids is 1. The summed E-state index contributed by atoms with van der Waals surface area (Å²) >= 11 is 6.29. The number of benzene rings is 3. The third kappa shape index (κ3) is 4.72. The first-order valence-electron chi connectivity index (χ1n) is 11.3. The van der Waals surface area contributed by atoms with Crippen LogP contribution in [0.3, 0.4) is 0 Å². The van der Waals surface area contributed by atoms with Gasteiger partial charge in [0.15, 0.2) is 0 Å². The Morgan fingerprint density at radius 3 is 2.23 bits per heavy atom. The topological polar surface area (TPSA) is 105 Å². The zero-order valence-electron chi connectivity index (χ0n) is 18.7. The lowest BCUT2D eigenvalue weighted by atomic mass is 9.98. The molecule has 3 N–H and O–H groups in total. The van der Waals surface area contributed by atoms with Crippen molar-refractivity contribution in [1.29, 1.82) is 0 Å². The Kier molecular flexibility index (Phi) is 6.17. The molecule has 2 amide bonds. The first-order valence-corrected chi connectivity index (χ1v) is 11.7. The van der Waals surface area contributed by atoms with Crippen LogP contribution in [0, 0.1) is 11.8 Å². The molecule has 0 aliphatic heterocycles. The molecule has 1 saturated carbocycles. The van der Waals surface area contributed by atoms with Gasteiger partial charge in [-0.1, -0.05) is 60.1 Å². The molecule has 0 bridgehead atoms. The van der Waals surface area contributed by atoms with E-state index in [1.165, 1.54) is 12.1 Å². The molecule has 7 nitrogen and oxygen atoms in total. The van der Waals surface area contributed by atoms with Crippen molar-refractivity contribution in [3.63, 3.8) is 0 Å². The molecule has 0 unspecified atom stereocenters. The second-order valence-corrected chi connectivity index (χ2v) is 9.20. The van der Waals surface area contributed by atoms with Gasteiger partial charge in [-0.15, -0.1) is 0 Å².